The minimum Gasteiger partial charge on any atom is -0.481 e. The maximum absolute atomic E-state index is 10.5. The van der Waals surface area contributed by atoms with E-state index >= 15 is 0 Å². The van der Waals surface area contributed by atoms with Crippen LogP contribution in [0.25, 0.3) is 0 Å². The van der Waals surface area contributed by atoms with Gasteiger partial charge in [0.1, 0.15) is 0 Å². The van der Waals surface area contributed by atoms with Crippen molar-refractivity contribution in [2.24, 2.45) is 11.8 Å². The van der Waals surface area contributed by atoms with E-state index in [1.165, 1.54) is 0 Å². The fraction of sp³-hybridized carbons (Fsp3) is 0.700. The van der Waals surface area contributed by atoms with Crippen LogP contribution in [0, 0.1) is 11.8 Å². The lowest BCUT2D eigenvalue weighted by Gasteiger charge is -2.22. The first-order valence-corrected chi connectivity index (χ1v) is 9.65. The molecule has 2 saturated heterocycles. The van der Waals surface area contributed by atoms with Gasteiger partial charge in [0.15, 0.2) is 12.6 Å². The molecule has 0 radical (unpaired) electrons. The molecule has 3 rings (SSSR count). The normalized spacial score (nSPS) is 25.9. The predicted octanol–water partition coefficient (Wildman–Crippen LogP) is 2.83. The summed E-state index contributed by atoms with van der Waals surface area (Å²) in [5.74, 6) is -2.22. The maximum atomic E-state index is 10.5. The molecule has 0 aromatic carbocycles. The molecule has 0 atom stereocenters. The van der Waals surface area contributed by atoms with E-state index in [-0.39, 0.29) is 24.4 Å². The van der Waals surface area contributed by atoms with Gasteiger partial charge in [0, 0.05) is 0 Å². The molecule has 160 valence electrons. The number of allylic oxidation sites excluding steroid dienone is 2. The van der Waals surface area contributed by atoms with E-state index in [1.54, 1.807) is 0 Å². The van der Waals surface area contributed by atoms with Crippen LogP contribution in [-0.4, -0.2) is 61.2 Å². The van der Waals surface area contributed by atoms with Crippen molar-refractivity contribution in [2.75, 3.05) is 26.4 Å². The summed E-state index contributed by atoms with van der Waals surface area (Å²) in [4.78, 5) is 21.0. The number of carboxylic acid groups (broad SMARTS) is 2. The second kappa shape index (κ2) is 14.3. The Kier molecular flexibility index (Phi) is 12.4. The van der Waals surface area contributed by atoms with Crippen LogP contribution in [0.4, 0.5) is 0 Å². The van der Waals surface area contributed by atoms with Crippen molar-refractivity contribution < 1.29 is 38.7 Å². The largest absolute Gasteiger partial charge is 0.481 e. The van der Waals surface area contributed by atoms with Crippen molar-refractivity contribution in [3.8, 4) is 0 Å². The molecule has 8 nitrogen and oxygen atoms in total. The Labute approximate surface area is 166 Å². The van der Waals surface area contributed by atoms with E-state index in [2.05, 4.69) is 0 Å². The number of ether oxygens (including phenoxy) is 4. The van der Waals surface area contributed by atoms with Crippen molar-refractivity contribution in [3.63, 3.8) is 0 Å². The highest BCUT2D eigenvalue weighted by Crippen LogP contribution is 2.28. The Morgan fingerprint density at radius 1 is 0.679 bits per heavy atom. The molecule has 0 amide bonds. The lowest BCUT2D eigenvalue weighted by molar-refractivity contribution is -0.148. The number of carbonyl (C=O) groups is 2. The molecule has 2 heterocycles. The topological polar surface area (TPSA) is 112 Å². The molecule has 0 unspecified atom stereocenters. The standard InChI is InChI=1S/C8H12O4.2C6H10O2/c9-7(10)5-1-2-6(4-3-5)8(11)12;2*1-2-3-6-7-4-5-8-6/h5-6H,1-4H2,(H,9,10)(H,11,12);2*2-3,6H,4-5H2,1H3. The Morgan fingerprint density at radius 3 is 1.18 bits per heavy atom. The van der Waals surface area contributed by atoms with E-state index in [0.29, 0.717) is 25.7 Å². The smallest absolute Gasteiger partial charge is 0.306 e. The summed E-state index contributed by atoms with van der Waals surface area (Å²) in [6.07, 6.45) is 9.53. The van der Waals surface area contributed by atoms with Gasteiger partial charge in [0.2, 0.25) is 0 Å². The van der Waals surface area contributed by atoms with Crippen molar-refractivity contribution in [1.82, 2.24) is 0 Å². The van der Waals surface area contributed by atoms with Crippen LogP contribution < -0.4 is 0 Å². The molecule has 28 heavy (non-hydrogen) atoms. The van der Waals surface area contributed by atoms with E-state index in [4.69, 9.17) is 29.2 Å². The molecule has 3 aliphatic rings. The Hall–Kier alpha value is -1.74. The summed E-state index contributed by atoms with van der Waals surface area (Å²) < 4.78 is 20.3. The molecule has 0 aromatic rings. The molecule has 0 spiro atoms. The Balaban J connectivity index is 0.000000217. The first-order chi connectivity index (χ1) is 13.5. The van der Waals surface area contributed by atoms with E-state index in [9.17, 15) is 9.59 Å². The molecular weight excluding hydrogens is 368 g/mol. The van der Waals surface area contributed by atoms with Gasteiger partial charge in [-0.25, -0.2) is 0 Å². The number of carboxylic acids is 2. The number of rotatable bonds is 4. The Morgan fingerprint density at radius 2 is 0.964 bits per heavy atom. The van der Waals surface area contributed by atoms with Crippen LogP contribution in [0.15, 0.2) is 24.3 Å². The molecule has 0 aromatic heterocycles. The van der Waals surface area contributed by atoms with Gasteiger partial charge in [-0.1, -0.05) is 12.2 Å². The summed E-state index contributed by atoms with van der Waals surface area (Å²) in [5, 5.41) is 17.2. The second-order valence-corrected chi connectivity index (χ2v) is 6.50. The minimum atomic E-state index is -0.793. The van der Waals surface area contributed by atoms with Gasteiger partial charge in [-0.2, -0.15) is 0 Å². The van der Waals surface area contributed by atoms with Crippen LogP contribution in [0.2, 0.25) is 0 Å². The number of hydrogen-bond donors (Lipinski definition) is 2. The van der Waals surface area contributed by atoms with Crippen LogP contribution in [0.5, 0.6) is 0 Å². The van der Waals surface area contributed by atoms with Gasteiger partial charge in [0.25, 0.3) is 0 Å². The highest BCUT2D eigenvalue weighted by Gasteiger charge is 2.29. The molecule has 2 aliphatic heterocycles. The van der Waals surface area contributed by atoms with Gasteiger partial charge in [-0.3, -0.25) is 9.59 Å². The van der Waals surface area contributed by atoms with Crippen molar-refractivity contribution in [3.05, 3.63) is 24.3 Å². The van der Waals surface area contributed by atoms with Gasteiger partial charge >= 0.3 is 11.9 Å². The molecule has 2 N–H and O–H groups in total. The van der Waals surface area contributed by atoms with Crippen molar-refractivity contribution >= 4 is 11.9 Å². The molecule has 3 fully saturated rings. The second-order valence-electron chi connectivity index (χ2n) is 6.50. The van der Waals surface area contributed by atoms with Crippen LogP contribution in [0.1, 0.15) is 39.5 Å². The first kappa shape index (κ1) is 24.3. The fourth-order valence-electron chi connectivity index (χ4n) is 2.88. The third-order valence-electron chi connectivity index (χ3n) is 4.42. The summed E-state index contributed by atoms with van der Waals surface area (Å²) >= 11 is 0. The monoisotopic (exact) mass is 400 g/mol. The SMILES string of the molecule is CC=CC1OCCO1.CC=CC1OCCO1.O=C(O)C1CCC(C(=O)O)CC1. The van der Waals surface area contributed by atoms with E-state index in [0.717, 1.165) is 26.4 Å². The first-order valence-electron chi connectivity index (χ1n) is 9.65. The number of aliphatic carboxylic acids is 2. The van der Waals surface area contributed by atoms with Gasteiger partial charge in [0.05, 0.1) is 38.3 Å². The maximum Gasteiger partial charge on any atom is 0.306 e. The number of hydrogen-bond acceptors (Lipinski definition) is 6. The lowest BCUT2D eigenvalue weighted by atomic mass is 9.82. The zero-order valence-electron chi connectivity index (χ0n) is 16.6. The fourth-order valence-corrected chi connectivity index (χ4v) is 2.88. The van der Waals surface area contributed by atoms with Crippen LogP contribution in [0.3, 0.4) is 0 Å². The van der Waals surface area contributed by atoms with Gasteiger partial charge < -0.3 is 29.2 Å². The van der Waals surface area contributed by atoms with E-state index < -0.39 is 11.9 Å². The minimum absolute atomic E-state index is 0.0694. The zero-order valence-corrected chi connectivity index (χ0v) is 16.6. The quantitative estimate of drug-likeness (QED) is 0.693. The van der Waals surface area contributed by atoms with Gasteiger partial charge in [-0.05, 0) is 51.7 Å². The van der Waals surface area contributed by atoms with Crippen LogP contribution in [-0.2, 0) is 28.5 Å². The summed E-state index contributed by atoms with van der Waals surface area (Å²) in [5.41, 5.74) is 0. The third-order valence-corrected chi connectivity index (χ3v) is 4.42. The molecular formula is C20H32O8. The highest BCUT2D eigenvalue weighted by molar-refractivity contribution is 5.72. The van der Waals surface area contributed by atoms with Crippen molar-refractivity contribution in [2.45, 2.75) is 52.1 Å². The summed E-state index contributed by atoms with van der Waals surface area (Å²) in [7, 11) is 0. The predicted molar refractivity (Wildman–Crippen MR) is 102 cm³/mol. The van der Waals surface area contributed by atoms with Gasteiger partial charge in [-0.15, -0.1) is 0 Å². The molecule has 1 saturated carbocycles. The molecule has 8 heteroatoms. The van der Waals surface area contributed by atoms with Crippen LogP contribution >= 0.6 is 0 Å². The van der Waals surface area contributed by atoms with Crippen molar-refractivity contribution in [1.29, 1.82) is 0 Å². The Bertz CT molecular complexity index is 450. The average Bonchev–Trinajstić information content (AvgIpc) is 3.38. The highest BCUT2D eigenvalue weighted by atomic mass is 16.7. The zero-order chi connectivity index (χ0) is 20.8. The molecule has 0 bridgehead atoms. The summed E-state index contributed by atoms with van der Waals surface area (Å²) in [6.45, 7) is 6.82. The molecule has 1 aliphatic carbocycles. The third kappa shape index (κ3) is 9.98. The average molecular weight is 400 g/mol. The van der Waals surface area contributed by atoms with E-state index in [1.807, 2.05) is 38.2 Å². The lowest BCUT2D eigenvalue weighted by Crippen LogP contribution is -2.25. The summed E-state index contributed by atoms with van der Waals surface area (Å²) in [6, 6.07) is 0.